The molecule has 1 heterocycles. The summed E-state index contributed by atoms with van der Waals surface area (Å²) in [5, 5.41) is 2.68. The van der Waals surface area contributed by atoms with Crippen molar-refractivity contribution in [1.82, 2.24) is 9.71 Å². The highest BCUT2D eigenvalue weighted by Gasteiger charge is 2.11. The molecule has 0 saturated heterocycles. The van der Waals surface area contributed by atoms with Crippen molar-refractivity contribution in [3.63, 3.8) is 0 Å². The van der Waals surface area contributed by atoms with Gasteiger partial charge in [0.2, 0.25) is 10.0 Å². The highest BCUT2D eigenvalue weighted by Crippen LogP contribution is 2.19. The molecule has 0 unspecified atom stereocenters. The van der Waals surface area contributed by atoms with Gasteiger partial charge in [0.15, 0.2) is 0 Å². The van der Waals surface area contributed by atoms with Crippen molar-refractivity contribution < 1.29 is 8.42 Å². The van der Waals surface area contributed by atoms with Gasteiger partial charge in [0, 0.05) is 27.4 Å². The van der Waals surface area contributed by atoms with Gasteiger partial charge in [-0.15, -0.1) is 23.1 Å². The number of anilines is 1. The van der Waals surface area contributed by atoms with Crippen LogP contribution in [0, 0.1) is 6.92 Å². The molecule has 0 spiro atoms. The molecule has 21 heavy (non-hydrogen) atoms. The fraction of sp³-hybridized carbons (Fsp3) is 0.308. The van der Waals surface area contributed by atoms with Crippen molar-refractivity contribution in [1.29, 1.82) is 0 Å². The molecule has 0 aliphatic heterocycles. The maximum Gasteiger partial charge on any atom is 0.212 e. The van der Waals surface area contributed by atoms with E-state index in [0.717, 1.165) is 15.6 Å². The van der Waals surface area contributed by atoms with Crippen molar-refractivity contribution in [3.8, 4) is 0 Å². The Morgan fingerprint density at radius 2 is 2.05 bits per heavy atom. The highest BCUT2D eigenvalue weighted by atomic mass is 32.2. The van der Waals surface area contributed by atoms with Crippen LogP contribution in [0.15, 0.2) is 34.5 Å². The summed E-state index contributed by atoms with van der Waals surface area (Å²) in [7, 11) is -3.28. The van der Waals surface area contributed by atoms with Gasteiger partial charge in [0.05, 0.1) is 12.3 Å². The first-order valence-corrected chi connectivity index (χ1v) is 9.83. The monoisotopic (exact) mass is 343 g/mol. The Kier molecular flexibility index (Phi) is 5.63. The van der Waals surface area contributed by atoms with Gasteiger partial charge >= 0.3 is 0 Å². The maximum atomic E-state index is 11.9. The fourth-order valence-corrected chi connectivity index (χ4v) is 4.64. The zero-order valence-corrected chi connectivity index (χ0v) is 14.0. The molecule has 0 atom stereocenters. The number of sulfonamides is 1. The van der Waals surface area contributed by atoms with E-state index < -0.39 is 10.0 Å². The van der Waals surface area contributed by atoms with Crippen LogP contribution in [0.3, 0.4) is 0 Å². The normalized spacial score (nSPS) is 11.7. The Labute approximate surface area is 133 Å². The van der Waals surface area contributed by atoms with E-state index in [1.54, 1.807) is 12.1 Å². The smallest absolute Gasteiger partial charge is 0.212 e. The van der Waals surface area contributed by atoms with Crippen LogP contribution in [-0.2, 0) is 16.6 Å². The average molecular weight is 343 g/mol. The van der Waals surface area contributed by atoms with Crippen molar-refractivity contribution in [2.45, 2.75) is 18.4 Å². The fourth-order valence-electron chi connectivity index (χ4n) is 1.56. The van der Waals surface area contributed by atoms with E-state index in [1.807, 2.05) is 24.4 Å². The Balaban J connectivity index is 1.77. The number of aryl methyl sites for hydroxylation is 1. The molecule has 1 aromatic heterocycles. The largest absolute Gasteiger partial charge is 0.399 e. The molecule has 8 heteroatoms. The summed E-state index contributed by atoms with van der Waals surface area (Å²) in [4.78, 5) is 5.23. The zero-order valence-electron chi connectivity index (χ0n) is 11.6. The second-order valence-electron chi connectivity index (χ2n) is 4.44. The second kappa shape index (κ2) is 7.26. The molecule has 114 valence electrons. The summed E-state index contributed by atoms with van der Waals surface area (Å²) >= 11 is 2.95. The SMILES string of the molecule is Cc1csc(CNS(=O)(=O)CCSc2ccc(N)cc2)n1. The van der Waals surface area contributed by atoms with Gasteiger partial charge in [-0.05, 0) is 31.2 Å². The van der Waals surface area contributed by atoms with E-state index in [1.165, 1.54) is 23.1 Å². The molecule has 0 bridgehead atoms. The van der Waals surface area contributed by atoms with Crippen LogP contribution in [0.5, 0.6) is 0 Å². The number of benzene rings is 1. The number of hydrogen-bond acceptors (Lipinski definition) is 6. The molecule has 0 aliphatic rings. The molecule has 0 amide bonds. The first-order valence-electron chi connectivity index (χ1n) is 6.31. The van der Waals surface area contributed by atoms with Crippen LogP contribution in [0.2, 0.25) is 0 Å². The third kappa shape index (κ3) is 5.66. The van der Waals surface area contributed by atoms with E-state index >= 15 is 0 Å². The minimum atomic E-state index is -3.28. The molecule has 5 nitrogen and oxygen atoms in total. The molecule has 2 aromatic rings. The van der Waals surface area contributed by atoms with E-state index in [0.29, 0.717) is 11.4 Å². The third-order valence-corrected chi connectivity index (χ3v) is 6.18. The molecular weight excluding hydrogens is 326 g/mol. The summed E-state index contributed by atoms with van der Waals surface area (Å²) < 4.78 is 26.3. The van der Waals surface area contributed by atoms with Crippen LogP contribution < -0.4 is 10.5 Å². The van der Waals surface area contributed by atoms with Crippen LogP contribution in [0.4, 0.5) is 5.69 Å². The van der Waals surface area contributed by atoms with E-state index in [-0.39, 0.29) is 12.3 Å². The number of rotatable bonds is 7. The van der Waals surface area contributed by atoms with E-state index in [9.17, 15) is 8.42 Å². The summed E-state index contributed by atoms with van der Waals surface area (Å²) in [6.07, 6.45) is 0. The van der Waals surface area contributed by atoms with Crippen LogP contribution in [0.1, 0.15) is 10.7 Å². The van der Waals surface area contributed by atoms with Crippen LogP contribution in [0.25, 0.3) is 0 Å². The number of thioether (sulfide) groups is 1. The van der Waals surface area contributed by atoms with Crippen molar-refractivity contribution in [2.75, 3.05) is 17.2 Å². The first kappa shape index (κ1) is 16.3. The lowest BCUT2D eigenvalue weighted by molar-refractivity contribution is 0.582. The highest BCUT2D eigenvalue weighted by molar-refractivity contribution is 8.00. The topological polar surface area (TPSA) is 85.1 Å². The number of nitrogens with zero attached hydrogens (tertiary/aromatic N) is 1. The van der Waals surface area contributed by atoms with Gasteiger partial charge < -0.3 is 5.73 Å². The van der Waals surface area contributed by atoms with E-state index in [2.05, 4.69) is 9.71 Å². The number of aromatic nitrogens is 1. The van der Waals surface area contributed by atoms with Gasteiger partial charge in [-0.2, -0.15) is 0 Å². The average Bonchev–Trinajstić information content (AvgIpc) is 2.85. The minimum Gasteiger partial charge on any atom is -0.399 e. The number of nitrogens with one attached hydrogen (secondary N) is 1. The Hall–Kier alpha value is -1.09. The van der Waals surface area contributed by atoms with Crippen molar-refractivity contribution in [3.05, 3.63) is 40.3 Å². The molecule has 0 radical (unpaired) electrons. The first-order chi connectivity index (χ1) is 9.94. The summed E-state index contributed by atoms with van der Waals surface area (Å²) in [6, 6.07) is 7.39. The molecule has 0 saturated carbocycles. The Bertz CT molecular complexity index is 681. The quantitative estimate of drug-likeness (QED) is 0.595. The number of nitrogen functional groups attached to an aromatic ring is 1. The van der Waals surface area contributed by atoms with Crippen molar-refractivity contribution in [2.24, 2.45) is 0 Å². The number of nitrogens with two attached hydrogens (primary N) is 1. The van der Waals surface area contributed by atoms with E-state index in [4.69, 9.17) is 5.73 Å². The van der Waals surface area contributed by atoms with Gasteiger partial charge in [-0.25, -0.2) is 18.1 Å². The van der Waals surface area contributed by atoms with Gasteiger partial charge in [0.1, 0.15) is 5.01 Å². The number of hydrogen-bond donors (Lipinski definition) is 2. The van der Waals surface area contributed by atoms with Crippen LogP contribution in [-0.4, -0.2) is 24.9 Å². The predicted molar refractivity (Wildman–Crippen MR) is 89.1 cm³/mol. The lowest BCUT2D eigenvalue weighted by atomic mass is 10.3. The molecule has 0 fully saturated rings. The predicted octanol–water partition coefficient (Wildman–Crippen LogP) is 2.25. The van der Waals surface area contributed by atoms with Gasteiger partial charge in [-0.1, -0.05) is 0 Å². The summed E-state index contributed by atoms with van der Waals surface area (Å²) in [6.45, 7) is 2.14. The molecule has 1 aromatic carbocycles. The van der Waals surface area contributed by atoms with Gasteiger partial charge in [-0.3, -0.25) is 0 Å². The standard InChI is InChI=1S/C13H17N3O2S3/c1-10-9-20-13(16-10)8-15-21(17,18)7-6-19-12-4-2-11(14)3-5-12/h2-5,9,15H,6-8,14H2,1H3. The molecule has 3 N–H and O–H groups in total. The number of thiazole rings is 1. The minimum absolute atomic E-state index is 0.0758. The molecular formula is C13H17N3O2S3. The van der Waals surface area contributed by atoms with Crippen LogP contribution >= 0.6 is 23.1 Å². The lowest BCUT2D eigenvalue weighted by Gasteiger charge is -2.05. The summed E-state index contributed by atoms with van der Waals surface area (Å²) in [5.74, 6) is 0.572. The zero-order chi connectivity index (χ0) is 15.3. The second-order valence-corrected chi connectivity index (χ2v) is 8.48. The maximum absolute atomic E-state index is 11.9. The summed E-state index contributed by atoms with van der Waals surface area (Å²) in [5.41, 5.74) is 7.21. The van der Waals surface area contributed by atoms with Gasteiger partial charge in [0.25, 0.3) is 0 Å². The molecule has 0 aliphatic carbocycles. The lowest BCUT2D eigenvalue weighted by Crippen LogP contribution is -2.26. The molecule has 2 rings (SSSR count). The van der Waals surface area contributed by atoms with Crippen molar-refractivity contribution >= 4 is 38.8 Å². The third-order valence-electron chi connectivity index (χ3n) is 2.61. The Morgan fingerprint density at radius 1 is 1.33 bits per heavy atom. The Morgan fingerprint density at radius 3 is 2.67 bits per heavy atom.